The molecule has 2 rings (SSSR count). The van der Waals surface area contributed by atoms with Gasteiger partial charge in [0, 0.05) is 31.9 Å². The largest absolute Gasteiger partial charge is 0.382 e. The lowest BCUT2D eigenvalue weighted by Crippen LogP contribution is -2.43. The van der Waals surface area contributed by atoms with Crippen LogP contribution < -0.4 is 16.4 Å². The lowest BCUT2D eigenvalue weighted by molar-refractivity contribution is 0.1000. The maximum atomic E-state index is 11.3. The molecular weight excluding hydrogens is 467 g/mol. The molecule has 6 nitrogen and oxygen atoms in total. The normalized spacial score (nSPS) is 15.7. The number of aliphatic imine (C=N–C) groups is 1. The van der Waals surface area contributed by atoms with Crippen molar-refractivity contribution in [2.75, 3.05) is 26.3 Å². The van der Waals surface area contributed by atoms with Gasteiger partial charge in [-0.2, -0.15) is 0 Å². The van der Waals surface area contributed by atoms with Gasteiger partial charge in [-0.3, -0.25) is 4.79 Å². The van der Waals surface area contributed by atoms with Gasteiger partial charge in [0.25, 0.3) is 0 Å². The van der Waals surface area contributed by atoms with E-state index in [2.05, 4.69) is 22.5 Å². The fraction of sp³-hybridized carbons (Fsp3) is 0.619. The molecule has 0 spiro atoms. The van der Waals surface area contributed by atoms with E-state index in [-0.39, 0.29) is 24.0 Å². The summed E-state index contributed by atoms with van der Waals surface area (Å²) in [6.45, 7) is 7.92. The lowest BCUT2D eigenvalue weighted by atomic mass is 9.83. The average Bonchev–Trinajstić information content (AvgIpc) is 3.13. The third kappa shape index (κ3) is 7.95. The van der Waals surface area contributed by atoms with Crippen LogP contribution in [0.3, 0.4) is 0 Å². The summed E-state index contributed by atoms with van der Waals surface area (Å²) in [5.74, 6) is 0.396. The molecule has 0 saturated heterocycles. The second-order valence-corrected chi connectivity index (χ2v) is 7.27. The standard InChI is InChI=1S/C21H34N4O2.HI/c1-3-23-20(24-15-17-8-7-9-18(14-17)19(22)26)25-16-21(10-5-6-11-21)12-13-27-4-2;/h7-9,14H,3-6,10-13,15-16H2,1-2H3,(H2,22,26)(H2,23,24,25);1H. The SMILES string of the molecule is CCNC(=NCc1cccc(C(N)=O)c1)NCC1(CCOCC)CCCC1.I. The number of guanidine groups is 1. The van der Waals surface area contributed by atoms with Crippen molar-refractivity contribution >= 4 is 35.8 Å². The highest BCUT2D eigenvalue weighted by Crippen LogP contribution is 2.40. The van der Waals surface area contributed by atoms with E-state index in [0.717, 1.165) is 44.2 Å². The third-order valence-electron chi connectivity index (χ3n) is 5.25. The van der Waals surface area contributed by atoms with E-state index in [9.17, 15) is 4.79 Å². The summed E-state index contributed by atoms with van der Waals surface area (Å²) in [7, 11) is 0. The fourth-order valence-corrected chi connectivity index (χ4v) is 3.68. The number of halogens is 1. The zero-order valence-corrected chi connectivity index (χ0v) is 19.5. The first kappa shape index (κ1) is 24.7. The minimum Gasteiger partial charge on any atom is -0.382 e. The number of hydrogen-bond acceptors (Lipinski definition) is 3. The van der Waals surface area contributed by atoms with Crippen LogP contribution in [0, 0.1) is 5.41 Å². The van der Waals surface area contributed by atoms with E-state index in [1.165, 1.54) is 25.7 Å². The first-order valence-corrected chi connectivity index (χ1v) is 10.1. The molecule has 0 aromatic heterocycles. The molecule has 158 valence electrons. The van der Waals surface area contributed by atoms with Crippen molar-refractivity contribution in [2.45, 2.75) is 52.5 Å². The number of ether oxygens (including phenoxy) is 1. The number of rotatable bonds is 10. The Kier molecular flexibility index (Phi) is 11.4. The number of benzene rings is 1. The van der Waals surface area contributed by atoms with Gasteiger partial charge in [-0.05, 0) is 56.2 Å². The molecule has 1 fully saturated rings. The fourth-order valence-electron chi connectivity index (χ4n) is 3.68. The summed E-state index contributed by atoms with van der Waals surface area (Å²) in [4.78, 5) is 16.0. The predicted molar refractivity (Wildman–Crippen MR) is 125 cm³/mol. The van der Waals surface area contributed by atoms with E-state index < -0.39 is 5.91 Å². The van der Waals surface area contributed by atoms with Crippen LogP contribution in [0.4, 0.5) is 0 Å². The lowest BCUT2D eigenvalue weighted by Gasteiger charge is -2.30. The van der Waals surface area contributed by atoms with Gasteiger partial charge in [-0.15, -0.1) is 24.0 Å². The quantitative estimate of drug-likeness (QED) is 0.198. The van der Waals surface area contributed by atoms with Gasteiger partial charge < -0.3 is 21.1 Å². The number of nitrogens with two attached hydrogens (primary N) is 1. The van der Waals surface area contributed by atoms with Crippen LogP contribution in [-0.4, -0.2) is 38.2 Å². The van der Waals surface area contributed by atoms with Crippen molar-refractivity contribution in [1.29, 1.82) is 0 Å². The Balaban J connectivity index is 0.00000392. The molecule has 0 atom stereocenters. The highest BCUT2D eigenvalue weighted by molar-refractivity contribution is 14.0. The summed E-state index contributed by atoms with van der Waals surface area (Å²) in [5, 5.41) is 6.84. The van der Waals surface area contributed by atoms with Crippen LogP contribution in [0.2, 0.25) is 0 Å². The molecule has 0 radical (unpaired) electrons. The van der Waals surface area contributed by atoms with Crippen molar-refractivity contribution in [3.8, 4) is 0 Å². The van der Waals surface area contributed by atoms with Gasteiger partial charge in [-0.25, -0.2) is 4.99 Å². The van der Waals surface area contributed by atoms with Gasteiger partial charge >= 0.3 is 0 Å². The highest BCUT2D eigenvalue weighted by Gasteiger charge is 2.33. The van der Waals surface area contributed by atoms with Crippen molar-refractivity contribution < 1.29 is 9.53 Å². The molecule has 1 aliphatic rings. The molecule has 1 aliphatic carbocycles. The highest BCUT2D eigenvalue weighted by atomic mass is 127. The number of nitrogens with one attached hydrogen (secondary N) is 2. The van der Waals surface area contributed by atoms with Crippen LogP contribution in [0.1, 0.15) is 61.9 Å². The van der Waals surface area contributed by atoms with E-state index in [1.54, 1.807) is 12.1 Å². The number of carbonyl (C=O) groups excluding carboxylic acids is 1. The van der Waals surface area contributed by atoms with Crippen molar-refractivity contribution in [1.82, 2.24) is 10.6 Å². The van der Waals surface area contributed by atoms with Crippen LogP contribution in [0.15, 0.2) is 29.3 Å². The molecule has 1 saturated carbocycles. The van der Waals surface area contributed by atoms with Gasteiger partial charge in [0.05, 0.1) is 6.54 Å². The number of nitrogens with zero attached hydrogens (tertiary/aromatic N) is 1. The number of amides is 1. The number of hydrogen-bond donors (Lipinski definition) is 3. The molecule has 0 unspecified atom stereocenters. The predicted octanol–water partition coefficient (Wildman–Crippen LogP) is 3.45. The Morgan fingerprint density at radius 2 is 2.00 bits per heavy atom. The van der Waals surface area contributed by atoms with Gasteiger partial charge in [0.2, 0.25) is 5.91 Å². The second kappa shape index (κ2) is 13.0. The summed E-state index contributed by atoms with van der Waals surface area (Å²) in [6.07, 6.45) is 6.16. The molecule has 4 N–H and O–H groups in total. The Labute approximate surface area is 186 Å². The Bertz CT molecular complexity index is 631. The van der Waals surface area contributed by atoms with Crippen LogP contribution >= 0.6 is 24.0 Å². The summed E-state index contributed by atoms with van der Waals surface area (Å²) in [6, 6.07) is 7.32. The van der Waals surface area contributed by atoms with Crippen LogP contribution in [0.25, 0.3) is 0 Å². The second-order valence-electron chi connectivity index (χ2n) is 7.27. The number of carbonyl (C=O) groups is 1. The molecule has 1 amide bonds. The van der Waals surface area contributed by atoms with E-state index in [4.69, 9.17) is 10.5 Å². The monoisotopic (exact) mass is 502 g/mol. The maximum absolute atomic E-state index is 11.3. The Morgan fingerprint density at radius 3 is 2.64 bits per heavy atom. The topological polar surface area (TPSA) is 88.7 Å². The van der Waals surface area contributed by atoms with E-state index in [1.807, 2.05) is 19.1 Å². The molecule has 0 aliphatic heterocycles. The molecule has 28 heavy (non-hydrogen) atoms. The van der Waals surface area contributed by atoms with Crippen molar-refractivity contribution in [3.05, 3.63) is 35.4 Å². The Morgan fingerprint density at radius 1 is 1.25 bits per heavy atom. The van der Waals surface area contributed by atoms with Crippen molar-refractivity contribution in [2.24, 2.45) is 16.1 Å². The molecule has 1 aromatic rings. The van der Waals surface area contributed by atoms with Crippen LogP contribution in [-0.2, 0) is 11.3 Å². The first-order chi connectivity index (χ1) is 13.1. The van der Waals surface area contributed by atoms with Gasteiger partial charge in [0.15, 0.2) is 5.96 Å². The van der Waals surface area contributed by atoms with Crippen LogP contribution in [0.5, 0.6) is 0 Å². The minimum atomic E-state index is -0.414. The van der Waals surface area contributed by atoms with Gasteiger partial charge in [0.1, 0.15) is 0 Å². The molecule has 7 heteroatoms. The zero-order valence-electron chi connectivity index (χ0n) is 17.1. The maximum Gasteiger partial charge on any atom is 0.248 e. The zero-order chi connectivity index (χ0) is 19.5. The van der Waals surface area contributed by atoms with E-state index in [0.29, 0.717) is 17.5 Å². The van der Waals surface area contributed by atoms with Gasteiger partial charge in [-0.1, -0.05) is 25.0 Å². The minimum absolute atomic E-state index is 0. The average molecular weight is 502 g/mol. The molecule has 0 bridgehead atoms. The van der Waals surface area contributed by atoms with E-state index >= 15 is 0 Å². The first-order valence-electron chi connectivity index (χ1n) is 10.1. The summed E-state index contributed by atoms with van der Waals surface area (Å²) in [5.41, 5.74) is 7.14. The number of primary amides is 1. The Hall–Kier alpha value is -1.35. The van der Waals surface area contributed by atoms with Crippen molar-refractivity contribution in [3.63, 3.8) is 0 Å². The summed E-state index contributed by atoms with van der Waals surface area (Å²) < 4.78 is 5.60. The smallest absolute Gasteiger partial charge is 0.248 e. The third-order valence-corrected chi connectivity index (χ3v) is 5.25. The molecule has 1 aromatic carbocycles. The summed E-state index contributed by atoms with van der Waals surface area (Å²) >= 11 is 0. The molecule has 0 heterocycles. The molecular formula is C21H35IN4O2.